The molecule has 0 unspecified atom stereocenters. The van der Waals surface area contributed by atoms with Crippen LogP contribution in [0.2, 0.25) is 10.2 Å². The number of hydrogen-bond donors (Lipinski definition) is 2. The van der Waals surface area contributed by atoms with Crippen LogP contribution in [0.25, 0.3) is 5.65 Å². The number of amides is 1. The average molecular weight is 552 g/mol. The molecule has 8 nitrogen and oxygen atoms in total. The first-order chi connectivity index (χ1) is 18.3. The first-order valence-corrected chi connectivity index (χ1v) is 12.8. The molecule has 11 heteroatoms. The van der Waals surface area contributed by atoms with Crippen molar-refractivity contribution in [1.29, 1.82) is 0 Å². The summed E-state index contributed by atoms with van der Waals surface area (Å²) in [5.74, 6) is -2.47. The molecule has 4 atom stereocenters. The van der Waals surface area contributed by atoms with E-state index in [0.717, 1.165) is 11.4 Å². The average Bonchev–Trinajstić information content (AvgIpc) is 3.59. The van der Waals surface area contributed by atoms with E-state index in [2.05, 4.69) is 15.6 Å². The second kappa shape index (κ2) is 7.99. The highest BCUT2D eigenvalue weighted by molar-refractivity contribution is 6.31. The number of esters is 1. The number of anilines is 1. The Hall–Kier alpha value is -3.53. The minimum atomic E-state index is -1.28. The number of carbonyl (C=O) groups is 2. The van der Waals surface area contributed by atoms with Gasteiger partial charge in [0.05, 0.1) is 18.4 Å². The van der Waals surface area contributed by atoms with E-state index in [0.29, 0.717) is 39.5 Å². The van der Waals surface area contributed by atoms with Gasteiger partial charge in [-0.15, -0.1) is 0 Å². The first-order valence-electron chi connectivity index (χ1n) is 12.0. The predicted molar refractivity (Wildman–Crippen MR) is 138 cm³/mol. The molecule has 3 aromatic heterocycles. The number of pyridine rings is 2. The van der Waals surface area contributed by atoms with Gasteiger partial charge in [0, 0.05) is 64.2 Å². The van der Waals surface area contributed by atoms with Crippen LogP contribution in [0.5, 0.6) is 0 Å². The number of benzene rings is 1. The van der Waals surface area contributed by atoms with Crippen molar-refractivity contribution in [2.45, 2.75) is 36.8 Å². The minimum absolute atomic E-state index is 0.214. The fraction of sp³-hybridized carbons (Fsp3) is 0.259. The third kappa shape index (κ3) is 2.89. The molecule has 3 aliphatic rings. The Morgan fingerprint density at radius 2 is 2.08 bits per heavy atom. The van der Waals surface area contributed by atoms with Gasteiger partial charge in [0.15, 0.2) is 11.0 Å². The molecular formula is C27H20Cl2FN5O3. The second-order valence-electron chi connectivity index (χ2n) is 9.90. The number of hydrogen-bond acceptors (Lipinski definition) is 6. The first kappa shape index (κ1) is 23.6. The Kier molecular flexibility index (Phi) is 4.96. The molecule has 1 aromatic carbocycles. The number of nitrogens with zero attached hydrogens (tertiary/aromatic N) is 3. The van der Waals surface area contributed by atoms with Crippen molar-refractivity contribution in [3.63, 3.8) is 0 Å². The molecule has 5 heterocycles. The number of aromatic nitrogens is 3. The van der Waals surface area contributed by atoms with Crippen molar-refractivity contribution < 1.29 is 18.7 Å². The number of fused-ring (bicyclic) bond motifs is 7. The molecule has 1 fully saturated rings. The molecule has 4 aromatic rings. The number of imidazole rings is 1. The lowest BCUT2D eigenvalue weighted by Crippen LogP contribution is -2.49. The fourth-order valence-electron chi connectivity index (χ4n) is 6.67. The van der Waals surface area contributed by atoms with Crippen molar-refractivity contribution in [1.82, 2.24) is 19.7 Å². The maximum atomic E-state index is 15.7. The van der Waals surface area contributed by atoms with Crippen molar-refractivity contribution in [2.24, 2.45) is 0 Å². The monoisotopic (exact) mass is 551 g/mol. The van der Waals surface area contributed by atoms with E-state index in [4.69, 9.17) is 32.9 Å². The largest absolute Gasteiger partial charge is 0.465 e. The Balaban J connectivity index is 1.48. The number of carbonyl (C=O) groups excluding carboxylic acids is 2. The van der Waals surface area contributed by atoms with Gasteiger partial charge in [-0.05, 0) is 36.8 Å². The number of ether oxygens (including phenoxy) is 1. The molecule has 0 bridgehead atoms. The van der Waals surface area contributed by atoms with E-state index in [1.165, 1.54) is 13.3 Å². The van der Waals surface area contributed by atoms with Gasteiger partial charge in [-0.2, -0.15) is 0 Å². The van der Waals surface area contributed by atoms with Crippen molar-refractivity contribution in [3.05, 3.63) is 92.4 Å². The van der Waals surface area contributed by atoms with Gasteiger partial charge in [0.25, 0.3) is 0 Å². The number of aryl methyl sites for hydroxylation is 1. The molecule has 38 heavy (non-hydrogen) atoms. The second-order valence-corrected chi connectivity index (χ2v) is 10.7. The Morgan fingerprint density at radius 1 is 1.26 bits per heavy atom. The Labute approximate surface area is 226 Å². The number of halogens is 3. The van der Waals surface area contributed by atoms with Crippen LogP contribution in [0.3, 0.4) is 0 Å². The SMILES string of the molecule is COC(=O)c1ccn2c3c(nc2c1C)[C@@H]1[C@H](C3)N[C@@]2(C(=O)Nc3cc(Cl)ccc32)[C@H]1c1ccnc(Cl)c1F. The van der Waals surface area contributed by atoms with Crippen LogP contribution < -0.4 is 10.6 Å². The molecule has 1 saturated heterocycles. The zero-order valence-electron chi connectivity index (χ0n) is 20.2. The normalized spacial score (nSPS) is 25.0. The van der Waals surface area contributed by atoms with E-state index in [-0.39, 0.29) is 28.6 Å². The van der Waals surface area contributed by atoms with Crippen molar-refractivity contribution >= 4 is 46.4 Å². The summed E-state index contributed by atoms with van der Waals surface area (Å²) in [5.41, 5.74) is 3.68. The van der Waals surface area contributed by atoms with Crippen LogP contribution >= 0.6 is 23.2 Å². The molecule has 1 spiro atoms. The van der Waals surface area contributed by atoms with Crippen LogP contribution in [0.15, 0.2) is 42.7 Å². The molecule has 0 saturated carbocycles. The Morgan fingerprint density at radius 3 is 2.87 bits per heavy atom. The van der Waals surface area contributed by atoms with E-state index < -0.39 is 23.2 Å². The summed E-state index contributed by atoms with van der Waals surface area (Å²) in [6, 6.07) is 8.29. The summed E-state index contributed by atoms with van der Waals surface area (Å²) in [6.45, 7) is 1.82. The third-order valence-corrected chi connectivity index (χ3v) is 8.70. The van der Waals surface area contributed by atoms with Crippen LogP contribution in [0, 0.1) is 12.7 Å². The van der Waals surface area contributed by atoms with Gasteiger partial charge in [-0.25, -0.2) is 19.2 Å². The Bertz CT molecular complexity index is 1720. The van der Waals surface area contributed by atoms with Crippen LogP contribution in [-0.4, -0.2) is 39.4 Å². The summed E-state index contributed by atoms with van der Waals surface area (Å²) in [6.07, 6.45) is 3.80. The molecule has 192 valence electrons. The summed E-state index contributed by atoms with van der Waals surface area (Å²) in [4.78, 5) is 35.0. The maximum Gasteiger partial charge on any atom is 0.338 e. The molecule has 7 rings (SSSR count). The molecule has 0 radical (unpaired) electrons. The van der Waals surface area contributed by atoms with Gasteiger partial charge >= 0.3 is 5.97 Å². The lowest BCUT2D eigenvalue weighted by molar-refractivity contribution is -0.122. The predicted octanol–water partition coefficient (Wildman–Crippen LogP) is 4.51. The van der Waals surface area contributed by atoms with Crippen LogP contribution in [-0.2, 0) is 21.5 Å². The smallest absolute Gasteiger partial charge is 0.338 e. The zero-order valence-corrected chi connectivity index (χ0v) is 21.7. The topological polar surface area (TPSA) is 97.6 Å². The lowest BCUT2D eigenvalue weighted by Gasteiger charge is -2.32. The van der Waals surface area contributed by atoms with Crippen molar-refractivity contribution in [3.8, 4) is 0 Å². The molecule has 1 amide bonds. The lowest BCUT2D eigenvalue weighted by atomic mass is 9.71. The standard InChI is InChI=1S/C27H20Cl2FN5O3/c1-11-13(25(36)38-2)6-8-35-18-10-17-19(22(18)33-24(11)35)20(14-5-7-31-23(29)21(14)30)27(34-17)15-4-3-12(28)9-16(15)32-26(27)37/h3-9,17,19-20,34H,10H2,1-2H3,(H,32,37)/t17-,19+,20-,27+/m0/s1. The number of nitrogens with one attached hydrogen (secondary N) is 2. The molecular weight excluding hydrogens is 532 g/mol. The minimum Gasteiger partial charge on any atom is -0.465 e. The van der Waals surface area contributed by atoms with Gasteiger partial charge in [0.1, 0.15) is 11.2 Å². The van der Waals surface area contributed by atoms with Crippen LogP contribution in [0.1, 0.15) is 50.3 Å². The highest BCUT2D eigenvalue weighted by Crippen LogP contribution is 2.60. The number of rotatable bonds is 2. The zero-order chi connectivity index (χ0) is 26.5. The van der Waals surface area contributed by atoms with Gasteiger partial charge in [-0.3, -0.25) is 10.1 Å². The summed E-state index contributed by atoms with van der Waals surface area (Å²) in [7, 11) is 1.34. The maximum absolute atomic E-state index is 15.7. The highest BCUT2D eigenvalue weighted by atomic mass is 35.5. The van der Waals surface area contributed by atoms with Gasteiger partial charge in [0.2, 0.25) is 5.91 Å². The highest BCUT2D eigenvalue weighted by Gasteiger charge is 2.65. The summed E-state index contributed by atoms with van der Waals surface area (Å²) >= 11 is 12.4. The van der Waals surface area contributed by atoms with E-state index in [1.807, 2.05) is 11.3 Å². The molecule has 1 aliphatic carbocycles. The van der Waals surface area contributed by atoms with Crippen molar-refractivity contribution in [2.75, 3.05) is 12.4 Å². The molecule has 2 N–H and O–H groups in total. The number of methoxy groups -OCH3 is 1. The molecule has 2 aliphatic heterocycles. The quantitative estimate of drug-likeness (QED) is 0.281. The van der Waals surface area contributed by atoms with Crippen LogP contribution in [0.4, 0.5) is 10.1 Å². The fourth-order valence-corrected chi connectivity index (χ4v) is 7.01. The van der Waals surface area contributed by atoms with E-state index >= 15 is 4.39 Å². The third-order valence-electron chi connectivity index (χ3n) is 8.20. The van der Waals surface area contributed by atoms with E-state index in [1.54, 1.807) is 36.5 Å². The van der Waals surface area contributed by atoms with E-state index in [9.17, 15) is 9.59 Å². The summed E-state index contributed by atoms with van der Waals surface area (Å²) in [5, 5.41) is 6.75. The van der Waals surface area contributed by atoms with Gasteiger partial charge < -0.3 is 14.5 Å². The summed E-state index contributed by atoms with van der Waals surface area (Å²) < 4.78 is 22.6. The van der Waals surface area contributed by atoms with Gasteiger partial charge in [-0.1, -0.05) is 29.3 Å².